The van der Waals surface area contributed by atoms with Crippen molar-refractivity contribution in [1.29, 1.82) is 0 Å². The lowest BCUT2D eigenvalue weighted by atomic mass is 10.2. The van der Waals surface area contributed by atoms with Gasteiger partial charge in [0.15, 0.2) is 15.7 Å². The number of H-pyrrole nitrogens is 1. The van der Waals surface area contributed by atoms with Crippen LogP contribution < -0.4 is 0 Å². The molecule has 1 aliphatic heterocycles. The second kappa shape index (κ2) is 7.57. The molecule has 1 saturated heterocycles. The topological polar surface area (TPSA) is 71.0 Å². The Bertz CT molecular complexity index is 890. The second-order valence-corrected chi connectivity index (χ2v) is 9.33. The van der Waals surface area contributed by atoms with Gasteiger partial charge in [-0.25, -0.2) is 13.1 Å². The van der Waals surface area contributed by atoms with Gasteiger partial charge >= 0.3 is 0 Å². The molecular formula is C16H21ClN4O2S2. The van der Waals surface area contributed by atoms with Gasteiger partial charge in [-0.3, -0.25) is 10.00 Å². The first kappa shape index (κ1) is 18.6. The molecule has 1 N–H and O–H groups in total. The Morgan fingerprint density at radius 1 is 1.40 bits per heavy atom. The minimum atomic E-state index is -2.92. The van der Waals surface area contributed by atoms with Crippen molar-refractivity contribution in [2.45, 2.75) is 32.5 Å². The molecule has 3 rings (SSSR count). The number of nitrogens with one attached hydrogen (secondary N) is 1. The van der Waals surface area contributed by atoms with Gasteiger partial charge in [-0.15, -0.1) is 0 Å². The number of sulfone groups is 1. The zero-order valence-electron chi connectivity index (χ0n) is 14.0. The van der Waals surface area contributed by atoms with Crippen LogP contribution >= 0.6 is 23.8 Å². The predicted octanol–water partition coefficient (Wildman–Crippen LogP) is 3.12. The van der Waals surface area contributed by atoms with Gasteiger partial charge in [0.05, 0.1) is 18.2 Å². The SMILES string of the molecule is CCCN(Cn1[nH]c(-c2ccc(Cl)cc2)nc1=S)C1CCS(=O)(=O)C1. The number of rotatable bonds is 6. The molecule has 136 valence electrons. The van der Waals surface area contributed by atoms with Gasteiger partial charge in [0.2, 0.25) is 4.77 Å². The van der Waals surface area contributed by atoms with E-state index in [-0.39, 0.29) is 17.5 Å². The molecule has 0 spiro atoms. The highest BCUT2D eigenvalue weighted by Crippen LogP contribution is 2.21. The number of nitrogens with zero attached hydrogens (tertiary/aromatic N) is 3. The Morgan fingerprint density at radius 2 is 2.12 bits per heavy atom. The quantitative estimate of drug-likeness (QED) is 0.754. The molecule has 1 aromatic heterocycles. The molecule has 0 saturated carbocycles. The van der Waals surface area contributed by atoms with Crippen LogP contribution in [0, 0.1) is 4.77 Å². The maximum atomic E-state index is 11.8. The number of aromatic amines is 1. The van der Waals surface area contributed by atoms with E-state index < -0.39 is 9.84 Å². The van der Waals surface area contributed by atoms with Gasteiger partial charge in [0.1, 0.15) is 0 Å². The first-order valence-corrected chi connectivity index (χ1v) is 10.9. The Labute approximate surface area is 157 Å². The minimum Gasteiger partial charge on any atom is -0.280 e. The molecule has 1 aromatic carbocycles. The van der Waals surface area contributed by atoms with Gasteiger partial charge in [-0.05, 0) is 55.9 Å². The first-order valence-electron chi connectivity index (χ1n) is 8.25. The number of hydrogen-bond acceptors (Lipinski definition) is 5. The van der Waals surface area contributed by atoms with Crippen LogP contribution in [0.1, 0.15) is 19.8 Å². The lowest BCUT2D eigenvalue weighted by Crippen LogP contribution is -2.38. The zero-order chi connectivity index (χ0) is 18.0. The third kappa shape index (κ3) is 4.49. The van der Waals surface area contributed by atoms with Crippen LogP contribution in [-0.2, 0) is 16.5 Å². The fraction of sp³-hybridized carbons (Fsp3) is 0.500. The summed E-state index contributed by atoms with van der Waals surface area (Å²) in [5.74, 6) is 1.16. The summed E-state index contributed by atoms with van der Waals surface area (Å²) >= 11 is 11.3. The van der Waals surface area contributed by atoms with Crippen LogP contribution in [0.15, 0.2) is 24.3 Å². The van der Waals surface area contributed by atoms with Crippen molar-refractivity contribution < 1.29 is 8.42 Å². The Morgan fingerprint density at radius 3 is 2.72 bits per heavy atom. The maximum Gasteiger partial charge on any atom is 0.217 e. The van der Waals surface area contributed by atoms with Crippen molar-refractivity contribution in [2.75, 3.05) is 18.1 Å². The van der Waals surface area contributed by atoms with Crippen molar-refractivity contribution in [3.8, 4) is 11.4 Å². The Hall–Kier alpha value is -1.22. The van der Waals surface area contributed by atoms with Gasteiger partial charge < -0.3 is 0 Å². The molecule has 1 aliphatic rings. The highest BCUT2D eigenvalue weighted by atomic mass is 35.5. The third-order valence-electron chi connectivity index (χ3n) is 4.36. The molecule has 0 aliphatic carbocycles. The smallest absolute Gasteiger partial charge is 0.217 e. The molecule has 2 aromatic rings. The fourth-order valence-electron chi connectivity index (χ4n) is 3.09. The van der Waals surface area contributed by atoms with Crippen molar-refractivity contribution in [2.24, 2.45) is 0 Å². The molecule has 2 heterocycles. The molecule has 0 bridgehead atoms. The van der Waals surface area contributed by atoms with E-state index in [2.05, 4.69) is 21.9 Å². The van der Waals surface area contributed by atoms with Gasteiger partial charge in [0.25, 0.3) is 0 Å². The second-order valence-electron chi connectivity index (χ2n) is 6.30. The van der Waals surface area contributed by atoms with Crippen LogP contribution in [0.2, 0.25) is 5.02 Å². The molecular weight excluding hydrogens is 380 g/mol. The Balaban J connectivity index is 1.81. The normalized spacial score (nSPS) is 19.6. The predicted molar refractivity (Wildman–Crippen MR) is 102 cm³/mol. The molecule has 1 unspecified atom stereocenters. The molecule has 0 radical (unpaired) electrons. The first-order chi connectivity index (χ1) is 11.9. The summed E-state index contributed by atoms with van der Waals surface area (Å²) in [5.41, 5.74) is 0.903. The summed E-state index contributed by atoms with van der Waals surface area (Å²) in [4.78, 5) is 6.58. The van der Waals surface area contributed by atoms with Crippen molar-refractivity contribution in [3.63, 3.8) is 0 Å². The molecule has 25 heavy (non-hydrogen) atoms. The van der Waals surface area contributed by atoms with Crippen LogP contribution in [0.5, 0.6) is 0 Å². The van der Waals surface area contributed by atoms with Gasteiger partial charge in [-0.2, -0.15) is 4.98 Å². The van der Waals surface area contributed by atoms with E-state index in [9.17, 15) is 8.42 Å². The molecule has 9 heteroatoms. The summed E-state index contributed by atoms with van der Waals surface area (Å²) in [6, 6.07) is 7.41. The average molecular weight is 401 g/mol. The van der Waals surface area contributed by atoms with Gasteiger partial charge in [-0.1, -0.05) is 18.5 Å². The number of aromatic nitrogens is 3. The molecule has 6 nitrogen and oxygen atoms in total. The molecule has 0 amide bonds. The Kier molecular flexibility index (Phi) is 5.62. The van der Waals surface area contributed by atoms with Crippen molar-refractivity contribution in [1.82, 2.24) is 19.7 Å². The lowest BCUT2D eigenvalue weighted by molar-refractivity contribution is 0.155. The van der Waals surface area contributed by atoms with Crippen molar-refractivity contribution in [3.05, 3.63) is 34.1 Å². The van der Waals surface area contributed by atoms with E-state index >= 15 is 0 Å². The molecule has 1 fully saturated rings. The maximum absolute atomic E-state index is 11.8. The van der Waals surface area contributed by atoms with Gasteiger partial charge in [0, 0.05) is 16.6 Å². The largest absolute Gasteiger partial charge is 0.280 e. The van der Waals surface area contributed by atoms with E-state index in [0.29, 0.717) is 28.7 Å². The fourth-order valence-corrected chi connectivity index (χ4v) is 5.17. The van der Waals surface area contributed by atoms with E-state index in [1.807, 2.05) is 12.1 Å². The van der Waals surface area contributed by atoms with E-state index in [4.69, 9.17) is 23.8 Å². The van der Waals surface area contributed by atoms with Crippen LogP contribution in [-0.4, -0.2) is 52.2 Å². The van der Waals surface area contributed by atoms with Crippen LogP contribution in [0.4, 0.5) is 0 Å². The van der Waals surface area contributed by atoms with E-state index in [0.717, 1.165) is 18.5 Å². The standard InChI is InChI=1S/C16H21ClN4O2S2/c1-2-8-20(14-7-9-25(22,23)10-14)11-21-16(24)18-15(19-21)12-3-5-13(17)6-4-12/h3-6,14H,2,7-11H2,1H3,(H,18,19,24). The monoisotopic (exact) mass is 400 g/mol. The summed E-state index contributed by atoms with van der Waals surface area (Å²) in [6.07, 6.45) is 1.62. The lowest BCUT2D eigenvalue weighted by Gasteiger charge is -2.27. The zero-order valence-corrected chi connectivity index (χ0v) is 16.4. The third-order valence-corrected chi connectivity index (χ3v) is 6.67. The van der Waals surface area contributed by atoms with Crippen molar-refractivity contribution >= 4 is 33.7 Å². The van der Waals surface area contributed by atoms with E-state index in [1.165, 1.54) is 0 Å². The summed E-state index contributed by atoms with van der Waals surface area (Å²) < 4.78 is 25.8. The van der Waals surface area contributed by atoms with E-state index in [1.54, 1.807) is 16.8 Å². The number of halogens is 1. The summed E-state index contributed by atoms with van der Waals surface area (Å²) in [5, 5.41) is 3.88. The highest BCUT2D eigenvalue weighted by molar-refractivity contribution is 7.91. The summed E-state index contributed by atoms with van der Waals surface area (Å²) in [7, 11) is -2.92. The summed E-state index contributed by atoms with van der Waals surface area (Å²) in [6.45, 7) is 3.41. The molecule has 1 atom stereocenters. The van der Waals surface area contributed by atoms with Crippen LogP contribution in [0.25, 0.3) is 11.4 Å². The number of benzene rings is 1. The van der Waals surface area contributed by atoms with Crippen LogP contribution in [0.3, 0.4) is 0 Å². The number of hydrogen-bond donors (Lipinski definition) is 1. The highest BCUT2D eigenvalue weighted by Gasteiger charge is 2.32. The minimum absolute atomic E-state index is 0.0362. The average Bonchev–Trinajstić information content (AvgIpc) is 3.10.